The molecule has 1 aromatic rings. The highest BCUT2D eigenvalue weighted by Crippen LogP contribution is 2.26. The van der Waals surface area contributed by atoms with E-state index in [1.165, 1.54) is 0 Å². The van der Waals surface area contributed by atoms with Gasteiger partial charge in [-0.25, -0.2) is 0 Å². The molecule has 0 bridgehead atoms. The zero-order chi connectivity index (χ0) is 9.80. The van der Waals surface area contributed by atoms with Crippen molar-refractivity contribution in [2.45, 2.75) is 12.5 Å². The van der Waals surface area contributed by atoms with Gasteiger partial charge in [0.2, 0.25) is 0 Å². The second-order valence-electron chi connectivity index (χ2n) is 3.52. The van der Waals surface area contributed by atoms with Crippen LogP contribution in [-0.2, 0) is 4.74 Å². The minimum Gasteiger partial charge on any atom is -0.381 e. The molecule has 2 atom stereocenters. The van der Waals surface area contributed by atoms with Crippen molar-refractivity contribution in [3.63, 3.8) is 0 Å². The van der Waals surface area contributed by atoms with Crippen molar-refractivity contribution in [3.8, 4) is 0 Å². The standard InChI is InChI=1S/C10H15N3O/c1-11-10(8-2-5-14-7-8)9-6-12-3-4-13-9/h3-4,6,8,10-11H,2,5,7H2,1H3. The van der Waals surface area contributed by atoms with E-state index in [2.05, 4.69) is 15.3 Å². The molecule has 0 amide bonds. The fraction of sp³-hybridized carbons (Fsp3) is 0.600. The molecule has 2 unspecified atom stereocenters. The maximum absolute atomic E-state index is 5.37. The molecule has 1 aromatic heterocycles. The molecule has 14 heavy (non-hydrogen) atoms. The SMILES string of the molecule is CNC(c1cnccn1)C1CCOC1. The van der Waals surface area contributed by atoms with Crippen LogP contribution >= 0.6 is 0 Å². The predicted molar refractivity (Wildman–Crippen MR) is 52.8 cm³/mol. The molecule has 1 aliphatic rings. The molecule has 1 saturated heterocycles. The van der Waals surface area contributed by atoms with Crippen LogP contribution < -0.4 is 5.32 Å². The average Bonchev–Trinajstić information content (AvgIpc) is 2.74. The smallest absolute Gasteiger partial charge is 0.0759 e. The van der Waals surface area contributed by atoms with Gasteiger partial charge in [0.1, 0.15) is 0 Å². The first-order valence-electron chi connectivity index (χ1n) is 4.92. The van der Waals surface area contributed by atoms with Crippen LogP contribution in [0.25, 0.3) is 0 Å². The second-order valence-corrected chi connectivity index (χ2v) is 3.52. The van der Waals surface area contributed by atoms with Gasteiger partial charge in [0.05, 0.1) is 18.3 Å². The summed E-state index contributed by atoms with van der Waals surface area (Å²) in [6, 6.07) is 0.270. The number of nitrogens with zero attached hydrogens (tertiary/aromatic N) is 2. The lowest BCUT2D eigenvalue weighted by Crippen LogP contribution is -2.26. The summed E-state index contributed by atoms with van der Waals surface area (Å²) in [5, 5.41) is 3.28. The van der Waals surface area contributed by atoms with Gasteiger partial charge in [-0.15, -0.1) is 0 Å². The molecular formula is C10H15N3O. The molecule has 4 nitrogen and oxygen atoms in total. The van der Waals surface area contributed by atoms with Crippen LogP contribution in [0, 0.1) is 5.92 Å². The first-order valence-corrected chi connectivity index (χ1v) is 4.92. The van der Waals surface area contributed by atoms with Crippen molar-refractivity contribution in [1.82, 2.24) is 15.3 Å². The normalized spacial score (nSPS) is 23.6. The van der Waals surface area contributed by atoms with Gasteiger partial charge in [0, 0.05) is 31.1 Å². The fourth-order valence-corrected chi connectivity index (χ4v) is 1.91. The lowest BCUT2D eigenvalue weighted by molar-refractivity contribution is 0.177. The van der Waals surface area contributed by atoms with Crippen LogP contribution in [0.1, 0.15) is 18.2 Å². The Morgan fingerprint density at radius 3 is 3.07 bits per heavy atom. The maximum atomic E-state index is 5.37. The molecule has 2 heterocycles. The zero-order valence-corrected chi connectivity index (χ0v) is 8.31. The lowest BCUT2D eigenvalue weighted by atomic mass is 9.97. The molecule has 0 aromatic carbocycles. The summed E-state index contributed by atoms with van der Waals surface area (Å²) in [4.78, 5) is 8.40. The molecular weight excluding hydrogens is 178 g/mol. The molecule has 0 saturated carbocycles. The van der Waals surface area contributed by atoms with Gasteiger partial charge in [0.25, 0.3) is 0 Å². The third kappa shape index (κ3) is 1.91. The highest BCUT2D eigenvalue weighted by molar-refractivity contribution is 5.04. The van der Waals surface area contributed by atoms with Crippen LogP contribution in [0.5, 0.6) is 0 Å². The van der Waals surface area contributed by atoms with Gasteiger partial charge in [-0.2, -0.15) is 0 Å². The maximum Gasteiger partial charge on any atom is 0.0759 e. The highest BCUT2D eigenvalue weighted by Gasteiger charge is 2.26. The highest BCUT2D eigenvalue weighted by atomic mass is 16.5. The molecule has 76 valence electrons. The summed E-state index contributed by atoms with van der Waals surface area (Å²) in [5.41, 5.74) is 1.01. The van der Waals surface area contributed by atoms with Crippen molar-refractivity contribution >= 4 is 0 Å². The van der Waals surface area contributed by atoms with Gasteiger partial charge in [-0.1, -0.05) is 0 Å². The molecule has 1 aliphatic heterocycles. The van der Waals surface area contributed by atoms with Crippen molar-refractivity contribution in [1.29, 1.82) is 0 Å². The third-order valence-electron chi connectivity index (χ3n) is 2.65. The van der Waals surface area contributed by atoms with E-state index in [9.17, 15) is 0 Å². The minimum atomic E-state index is 0.270. The zero-order valence-electron chi connectivity index (χ0n) is 8.31. The van der Waals surface area contributed by atoms with Gasteiger partial charge < -0.3 is 10.1 Å². The largest absolute Gasteiger partial charge is 0.381 e. The first-order chi connectivity index (χ1) is 6.92. The van der Waals surface area contributed by atoms with E-state index >= 15 is 0 Å². The molecule has 1 fully saturated rings. The number of ether oxygens (including phenoxy) is 1. The Kier molecular flexibility index (Phi) is 3.06. The minimum absolute atomic E-state index is 0.270. The molecule has 1 N–H and O–H groups in total. The third-order valence-corrected chi connectivity index (χ3v) is 2.65. The van der Waals surface area contributed by atoms with Crippen molar-refractivity contribution < 1.29 is 4.74 Å². The second kappa shape index (κ2) is 4.48. The van der Waals surface area contributed by atoms with E-state index in [1.807, 2.05) is 13.2 Å². The number of rotatable bonds is 3. The van der Waals surface area contributed by atoms with E-state index in [-0.39, 0.29) is 6.04 Å². The summed E-state index contributed by atoms with van der Waals surface area (Å²) in [7, 11) is 1.96. The van der Waals surface area contributed by atoms with E-state index < -0.39 is 0 Å². The Morgan fingerprint density at radius 1 is 1.57 bits per heavy atom. The van der Waals surface area contributed by atoms with E-state index in [0.29, 0.717) is 5.92 Å². The number of hydrogen-bond donors (Lipinski definition) is 1. The quantitative estimate of drug-likeness (QED) is 0.770. The van der Waals surface area contributed by atoms with E-state index in [1.54, 1.807) is 12.4 Å². The average molecular weight is 193 g/mol. The van der Waals surface area contributed by atoms with Crippen LogP contribution in [-0.4, -0.2) is 30.2 Å². The summed E-state index contributed by atoms with van der Waals surface area (Å²) in [5.74, 6) is 0.525. The Hall–Kier alpha value is -1.00. The lowest BCUT2D eigenvalue weighted by Gasteiger charge is -2.20. The molecule has 0 aliphatic carbocycles. The van der Waals surface area contributed by atoms with Crippen molar-refractivity contribution in [3.05, 3.63) is 24.3 Å². The number of nitrogens with one attached hydrogen (secondary N) is 1. The summed E-state index contributed by atoms with van der Waals surface area (Å²) in [6.07, 6.45) is 6.35. The van der Waals surface area contributed by atoms with E-state index in [4.69, 9.17) is 4.74 Å². The summed E-state index contributed by atoms with van der Waals surface area (Å²) < 4.78 is 5.37. The number of hydrogen-bond acceptors (Lipinski definition) is 4. The van der Waals surface area contributed by atoms with Gasteiger partial charge in [-0.05, 0) is 13.5 Å². The topological polar surface area (TPSA) is 47.0 Å². The Bertz CT molecular complexity index is 272. The molecule has 4 heteroatoms. The molecule has 2 rings (SSSR count). The van der Waals surface area contributed by atoms with Crippen molar-refractivity contribution in [2.24, 2.45) is 5.92 Å². The molecule has 0 spiro atoms. The summed E-state index contributed by atoms with van der Waals surface area (Å²) in [6.45, 7) is 1.69. The van der Waals surface area contributed by atoms with Crippen LogP contribution in [0.3, 0.4) is 0 Å². The Morgan fingerprint density at radius 2 is 2.50 bits per heavy atom. The van der Waals surface area contributed by atoms with Gasteiger partial charge in [0.15, 0.2) is 0 Å². The van der Waals surface area contributed by atoms with Crippen LogP contribution in [0.4, 0.5) is 0 Å². The van der Waals surface area contributed by atoms with Crippen LogP contribution in [0.2, 0.25) is 0 Å². The van der Waals surface area contributed by atoms with Gasteiger partial charge in [-0.3, -0.25) is 9.97 Å². The predicted octanol–water partition coefficient (Wildman–Crippen LogP) is 0.774. The fourth-order valence-electron chi connectivity index (χ4n) is 1.91. The van der Waals surface area contributed by atoms with Crippen molar-refractivity contribution in [2.75, 3.05) is 20.3 Å². The van der Waals surface area contributed by atoms with E-state index in [0.717, 1.165) is 25.3 Å². The monoisotopic (exact) mass is 193 g/mol. The Labute approximate surface area is 83.7 Å². The van der Waals surface area contributed by atoms with Gasteiger partial charge >= 0.3 is 0 Å². The van der Waals surface area contributed by atoms with Crippen LogP contribution in [0.15, 0.2) is 18.6 Å². The molecule has 0 radical (unpaired) electrons. The number of aromatic nitrogens is 2. The first kappa shape index (κ1) is 9.55. The summed E-state index contributed by atoms with van der Waals surface area (Å²) >= 11 is 0. The Balaban J connectivity index is 2.12.